The van der Waals surface area contributed by atoms with E-state index in [1.165, 1.54) is 0 Å². The van der Waals surface area contributed by atoms with Crippen molar-refractivity contribution in [2.24, 2.45) is 5.92 Å². The van der Waals surface area contributed by atoms with Gasteiger partial charge in [0.15, 0.2) is 0 Å². The molecule has 1 rings (SSSR count). The normalized spacial score (nSPS) is 10.5. The van der Waals surface area contributed by atoms with E-state index in [-0.39, 0.29) is 5.89 Å². The van der Waals surface area contributed by atoms with Crippen LogP contribution in [0.15, 0.2) is 4.42 Å². The molecule has 60 valence electrons. The number of aldehydes is 1. The molecule has 1 heterocycles. The fourth-order valence-corrected chi connectivity index (χ4v) is 0.746. The molecule has 0 saturated heterocycles. The zero-order valence-electron chi connectivity index (χ0n) is 6.57. The van der Waals surface area contributed by atoms with Crippen molar-refractivity contribution in [3.8, 4) is 0 Å². The molecule has 0 aromatic carbocycles. The Kier molecular flexibility index (Phi) is 2.36. The van der Waals surface area contributed by atoms with Crippen LogP contribution in [-0.2, 0) is 6.42 Å². The third-order valence-corrected chi connectivity index (χ3v) is 1.17. The summed E-state index contributed by atoms with van der Waals surface area (Å²) < 4.78 is 4.95. The average molecular weight is 154 g/mol. The van der Waals surface area contributed by atoms with Crippen LogP contribution in [0.4, 0.5) is 0 Å². The minimum Gasteiger partial charge on any atom is -0.419 e. The van der Waals surface area contributed by atoms with Crippen molar-refractivity contribution in [2.45, 2.75) is 20.3 Å². The first-order valence-electron chi connectivity index (χ1n) is 3.50. The monoisotopic (exact) mass is 154 g/mol. The van der Waals surface area contributed by atoms with Gasteiger partial charge in [0.1, 0.15) is 0 Å². The Balaban J connectivity index is 2.65. The smallest absolute Gasteiger partial charge is 0.280 e. The van der Waals surface area contributed by atoms with Gasteiger partial charge < -0.3 is 4.42 Å². The molecule has 0 N–H and O–H groups in total. The molecule has 4 heteroatoms. The molecule has 0 fully saturated rings. The van der Waals surface area contributed by atoms with Gasteiger partial charge >= 0.3 is 0 Å². The molecule has 0 atom stereocenters. The zero-order chi connectivity index (χ0) is 8.27. The van der Waals surface area contributed by atoms with Gasteiger partial charge in [-0.2, -0.15) is 0 Å². The van der Waals surface area contributed by atoms with E-state index in [0.717, 1.165) is 6.42 Å². The van der Waals surface area contributed by atoms with Crippen molar-refractivity contribution in [2.75, 3.05) is 0 Å². The summed E-state index contributed by atoms with van der Waals surface area (Å²) in [6.07, 6.45) is 1.28. The Bertz CT molecular complexity index is 242. The highest BCUT2D eigenvalue weighted by Gasteiger charge is 2.05. The van der Waals surface area contributed by atoms with Gasteiger partial charge in [-0.15, -0.1) is 10.2 Å². The number of aromatic nitrogens is 2. The minimum atomic E-state index is 0.0562. The Labute approximate surface area is 64.6 Å². The van der Waals surface area contributed by atoms with Crippen LogP contribution >= 0.6 is 0 Å². The maximum Gasteiger partial charge on any atom is 0.280 e. The maximum absolute atomic E-state index is 10.1. The molecule has 0 bridgehead atoms. The molecule has 4 nitrogen and oxygen atoms in total. The second kappa shape index (κ2) is 3.27. The summed E-state index contributed by atoms with van der Waals surface area (Å²) in [6.45, 7) is 4.09. The molecule has 0 aliphatic carbocycles. The van der Waals surface area contributed by atoms with Crippen LogP contribution in [-0.4, -0.2) is 16.5 Å². The lowest BCUT2D eigenvalue weighted by molar-refractivity contribution is 0.109. The van der Waals surface area contributed by atoms with Crippen LogP contribution in [0.2, 0.25) is 0 Å². The van der Waals surface area contributed by atoms with Gasteiger partial charge in [-0.3, -0.25) is 4.79 Å². The fourth-order valence-electron chi connectivity index (χ4n) is 0.746. The van der Waals surface area contributed by atoms with E-state index >= 15 is 0 Å². The van der Waals surface area contributed by atoms with Crippen molar-refractivity contribution in [3.05, 3.63) is 11.8 Å². The van der Waals surface area contributed by atoms with E-state index < -0.39 is 0 Å². The van der Waals surface area contributed by atoms with Gasteiger partial charge in [-0.25, -0.2) is 0 Å². The highest BCUT2D eigenvalue weighted by molar-refractivity contribution is 5.66. The molecular weight excluding hydrogens is 144 g/mol. The maximum atomic E-state index is 10.1. The van der Waals surface area contributed by atoms with Crippen LogP contribution in [0.3, 0.4) is 0 Å². The SMILES string of the molecule is CC(C)Cc1nnc(C=O)o1. The van der Waals surface area contributed by atoms with Crippen molar-refractivity contribution >= 4 is 6.29 Å². The van der Waals surface area contributed by atoms with E-state index in [4.69, 9.17) is 4.42 Å². The van der Waals surface area contributed by atoms with Gasteiger partial charge in [0, 0.05) is 6.42 Å². The molecule has 11 heavy (non-hydrogen) atoms. The molecule has 0 aliphatic rings. The second-order valence-electron chi connectivity index (χ2n) is 2.75. The highest BCUT2D eigenvalue weighted by atomic mass is 16.4. The third-order valence-electron chi connectivity index (χ3n) is 1.17. The predicted octanol–water partition coefficient (Wildman–Crippen LogP) is 1.08. The second-order valence-corrected chi connectivity index (χ2v) is 2.75. The largest absolute Gasteiger partial charge is 0.419 e. The molecule has 0 spiro atoms. The quantitative estimate of drug-likeness (QED) is 0.611. The van der Waals surface area contributed by atoms with E-state index in [1.807, 2.05) is 13.8 Å². The summed E-state index contributed by atoms with van der Waals surface area (Å²) >= 11 is 0. The van der Waals surface area contributed by atoms with Gasteiger partial charge in [0.05, 0.1) is 0 Å². The van der Waals surface area contributed by atoms with Gasteiger partial charge in [-0.05, 0) is 5.92 Å². The summed E-state index contributed by atoms with van der Waals surface area (Å²) in [5.41, 5.74) is 0. The molecule has 0 amide bonds. The van der Waals surface area contributed by atoms with Gasteiger partial charge in [0.2, 0.25) is 12.2 Å². The van der Waals surface area contributed by atoms with E-state index in [9.17, 15) is 4.79 Å². The first-order chi connectivity index (χ1) is 5.22. The Morgan fingerprint density at radius 1 is 1.55 bits per heavy atom. The van der Waals surface area contributed by atoms with Crippen LogP contribution < -0.4 is 0 Å². The van der Waals surface area contributed by atoms with Crippen molar-refractivity contribution in [1.29, 1.82) is 0 Å². The van der Waals surface area contributed by atoms with Gasteiger partial charge in [-0.1, -0.05) is 13.8 Å². The third kappa shape index (κ3) is 2.14. The summed E-state index contributed by atoms with van der Waals surface area (Å²) in [6, 6.07) is 0. The lowest BCUT2D eigenvalue weighted by Gasteiger charge is -1.95. The molecule has 1 aromatic rings. The molecular formula is C7H10N2O2. The number of rotatable bonds is 3. The standard InChI is InChI=1S/C7H10N2O2/c1-5(2)3-6-8-9-7(4-10)11-6/h4-5H,3H2,1-2H3. The zero-order valence-corrected chi connectivity index (χ0v) is 6.57. The van der Waals surface area contributed by atoms with Crippen LogP contribution in [0, 0.1) is 5.92 Å². The van der Waals surface area contributed by atoms with Crippen LogP contribution in [0.5, 0.6) is 0 Å². The van der Waals surface area contributed by atoms with E-state index in [2.05, 4.69) is 10.2 Å². The minimum absolute atomic E-state index is 0.0562. The number of hydrogen-bond acceptors (Lipinski definition) is 4. The predicted molar refractivity (Wildman–Crippen MR) is 38.2 cm³/mol. The summed E-state index contributed by atoms with van der Waals surface area (Å²) in [5, 5.41) is 7.18. The van der Waals surface area contributed by atoms with Gasteiger partial charge in [0.25, 0.3) is 5.89 Å². The number of carbonyl (C=O) groups is 1. The summed E-state index contributed by atoms with van der Waals surface area (Å²) in [5.74, 6) is 1.05. The Morgan fingerprint density at radius 3 is 2.73 bits per heavy atom. The topological polar surface area (TPSA) is 56.0 Å². The average Bonchev–Trinajstić information content (AvgIpc) is 2.34. The number of carbonyl (C=O) groups excluding carboxylic acids is 1. The van der Waals surface area contributed by atoms with E-state index in [0.29, 0.717) is 18.1 Å². The van der Waals surface area contributed by atoms with Crippen molar-refractivity contribution < 1.29 is 9.21 Å². The molecule has 0 unspecified atom stereocenters. The van der Waals surface area contributed by atoms with Crippen LogP contribution in [0.1, 0.15) is 30.4 Å². The lowest BCUT2D eigenvalue weighted by atomic mass is 10.1. The highest BCUT2D eigenvalue weighted by Crippen LogP contribution is 2.04. The molecule has 0 saturated carbocycles. The van der Waals surface area contributed by atoms with E-state index in [1.54, 1.807) is 0 Å². The summed E-state index contributed by atoms with van der Waals surface area (Å²) in [4.78, 5) is 10.1. The lowest BCUT2D eigenvalue weighted by Crippen LogP contribution is -1.93. The van der Waals surface area contributed by atoms with Crippen molar-refractivity contribution in [3.63, 3.8) is 0 Å². The first-order valence-corrected chi connectivity index (χ1v) is 3.50. The number of hydrogen-bond donors (Lipinski definition) is 0. The Hall–Kier alpha value is -1.19. The van der Waals surface area contributed by atoms with Crippen molar-refractivity contribution in [1.82, 2.24) is 10.2 Å². The summed E-state index contributed by atoms with van der Waals surface area (Å²) in [7, 11) is 0. The molecule has 0 aliphatic heterocycles. The number of nitrogens with zero attached hydrogens (tertiary/aromatic N) is 2. The molecule has 1 aromatic heterocycles. The Morgan fingerprint density at radius 2 is 2.27 bits per heavy atom. The molecule has 0 radical (unpaired) electrons. The fraction of sp³-hybridized carbons (Fsp3) is 0.571. The van der Waals surface area contributed by atoms with Crippen LogP contribution in [0.25, 0.3) is 0 Å². The first kappa shape index (κ1) is 7.91.